The number of carbonyl (C=O) groups is 1. The summed E-state index contributed by atoms with van der Waals surface area (Å²) in [5, 5.41) is 6.75. The molecular weight excluding hydrogens is 414 g/mol. The number of hydrogen-bond donors (Lipinski definition) is 1. The lowest BCUT2D eigenvalue weighted by Gasteiger charge is -2.15. The van der Waals surface area contributed by atoms with Crippen LogP contribution in [0.4, 0.5) is 17.6 Å². The molecule has 160 valence electrons. The van der Waals surface area contributed by atoms with Crippen LogP contribution in [0.2, 0.25) is 5.15 Å². The number of aromatic nitrogens is 2. The Morgan fingerprint density at radius 2 is 1.90 bits per heavy atom. The van der Waals surface area contributed by atoms with Crippen LogP contribution in [0.25, 0.3) is 0 Å². The van der Waals surface area contributed by atoms with Gasteiger partial charge in [0.15, 0.2) is 5.69 Å². The fourth-order valence-electron chi connectivity index (χ4n) is 2.80. The van der Waals surface area contributed by atoms with Gasteiger partial charge in [-0.1, -0.05) is 24.6 Å². The summed E-state index contributed by atoms with van der Waals surface area (Å²) in [6, 6.07) is 2.43. The lowest BCUT2D eigenvalue weighted by Crippen LogP contribution is -2.36. The van der Waals surface area contributed by atoms with Crippen molar-refractivity contribution in [2.75, 3.05) is 13.2 Å². The van der Waals surface area contributed by atoms with Crippen molar-refractivity contribution in [2.24, 2.45) is 0 Å². The Morgan fingerprint density at radius 3 is 2.45 bits per heavy atom. The average Bonchev–Trinajstić information content (AvgIpc) is 2.98. The summed E-state index contributed by atoms with van der Waals surface area (Å²) in [5.74, 6) is -2.31. The minimum absolute atomic E-state index is 0.0115. The van der Waals surface area contributed by atoms with Crippen molar-refractivity contribution in [3.63, 3.8) is 0 Å². The van der Waals surface area contributed by atoms with Crippen molar-refractivity contribution in [2.45, 2.75) is 45.7 Å². The van der Waals surface area contributed by atoms with Crippen molar-refractivity contribution in [3.05, 3.63) is 51.8 Å². The Bertz CT molecular complexity index is 825. The zero-order valence-electron chi connectivity index (χ0n) is 16.0. The van der Waals surface area contributed by atoms with Crippen molar-refractivity contribution in [3.8, 4) is 0 Å². The van der Waals surface area contributed by atoms with E-state index in [1.807, 2.05) is 0 Å². The van der Waals surface area contributed by atoms with Crippen molar-refractivity contribution in [1.82, 2.24) is 15.1 Å². The summed E-state index contributed by atoms with van der Waals surface area (Å²) in [6.45, 7) is 3.09. The number of halogens is 5. The summed E-state index contributed by atoms with van der Waals surface area (Å²) in [7, 11) is 0. The highest BCUT2D eigenvalue weighted by molar-refractivity contribution is 6.30. The first-order valence-corrected chi connectivity index (χ1v) is 9.54. The van der Waals surface area contributed by atoms with Gasteiger partial charge in [-0.3, -0.25) is 0 Å². The number of alkyl halides is 2. The summed E-state index contributed by atoms with van der Waals surface area (Å²) < 4.78 is 59.7. The molecule has 1 atom stereocenters. The van der Waals surface area contributed by atoms with Crippen LogP contribution >= 0.6 is 11.6 Å². The molecule has 10 heteroatoms. The molecule has 1 aromatic carbocycles. The van der Waals surface area contributed by atoms with E-state index < -0.39 is 30.1 Å². The SMILES string of the molecule is CCOC(=O)c1nn(Cc2c(F)cccc2F)c(Cl)c1CCNC(CC)C(F)F. The molecule has 0 fully saturated rings. The van der Waals surface area contributed by atoms with Gasteiger partial charge in [-0.15, -0.1) is 0 Å². The van der Waals surface area contributed by atoms with Gasteiger partial charge in [-0.05, 0) is 38.4 Å². The highest BCUT2D eigenvalue weighted by Crippen LogP contribution is 2.24. The number of nitrogens with one attached hydrogen (secondary N) is 1. The highest BCUT2D eigenvalue weighted by atomic mass is 35.5. The molecule has 1 heterocycles. The fourth-order valence-corrected chi connectivity index (χ4v) is 3.08. The Kier molecular flexibility index (Phi) is 8.45. The first-order chi connectivity index (χ1) is 13.8. The molecule has 1 unspecified atom stereocenters. The maximum absolute atomic E-state index is 14.0. The van der Waals surface area contributed by atoms with E-state index in [4.69, 9.17) is 16.3 Å². The van der Waals surface area contributed by atoms with Gasteiger partial charge >= 0.3 is 5.97 Å². The summed E-state index contributed by atoms with van der Waals surface area (Å²) >= 11 is 6.31. The lowest BCUT2D eigenvalue weighted by atomic mass is 10.1. The van der Waals surface area contributed by atoms with Crippen molar-refractivity contribution < 1.29 is 27.1 Å². The second-order valence-electron chi connectivity index (χ2n) is 6.25. The second-order valence-corrected chi connectivity index (χ2v) is 6.61. The molecule has 0 saturated heterocycles. The van der Waals surface area contributed by atoms with Gasteiger partial charge in [0.1, 0.15) is 16.8 Å². The minimum atomic E-state index is -2.54. The first-order valence-electron chi connectivity index (χ1n) is 9.16. The van der Waals surface area contributed by atoms with Crippen LogP contribution in [0.15, 0.2) is 18.2 Å². The van der Waals surface area contributed by atoms with Gasteiger partial charge in [-0.2, -0.15) is 5.10 Å². The zero-order chi connectivity index (χ0) is 21.6. The molecule has 0 amide bonds. The van der Waals surface area contributed by atoms with E-state index in [0.29, 0.717) is 0 Å². The number of esters is 1. The van der Waals surface area contributed by atoms with Gasteiger partial charge in [0.05, 0.1) is 19.2 Å². The van der Waals surface area contributed by atoms with Crippen LogP contribution in [0.3, 0.4) is 0 Å². The standard InChI is InChI=1S/C19H22ClF4N3O2/c1-3-15(18(23)24)25-9-8-11-16(19(28)29-4-2)26-27(17(11)20)10-12-13(21)6-5-7-14(12)22/h5-7,15,18,25H,3-4,8-10H2,1-2H3. The van der Waals surface area contributed by atoms with Crippen LogP contribution < -0.4 is 5.32 Å². The maximum Gasteiger partial charge on any atom is 0.359 e. The van der Waals surface area contributed by atoms with Crippen LogP contribution in [0.1, 0.15) is 41.9 Å². The highest BCUT2D eigenvalue weighted by Gasteiger charge is 2.25. The third-order valence-corrected chi connectivity index (χ3v) is 4.77. The molecule has 1 aromatic heterocycles. The van der Waals surface area contributed by atoms with Crippen LogP contribution in [-0.4, -0.2) is 41.4 Å². The second kappa shape index (κ2) is 10.6. The van der Waals surface area contributed by atoms with Crippen molar-refractivity contribution in [1.29, 1.82) is 0 Å². The van der Waals surface area contributed by atoms with Crippen LogP contribution in [-0.2, 0) is 17.7 Å². The molecule has 0 bridgehead atoms. The third-order valence-electron chi connectivity index (χ3n) is 4.35. The van der Waals surface area contributed by atoms with Gasteiger partial charge in [0.25, 0.3) is 6.43 Å². The number of nitrogens with zero attached hydrogens (tertiary/aromatic N) is 2. The molecule has 0 radical (unpaired) electrons. The van der Waals surface area contributed by atoms with Crippen LogP contribution in [0, 0.1) is 11.6 Å². The van der Waals surface area contributed by atoms with Crippen molar-refractivity contribution >= 4 is 17.6 Å². The predicted molar refractivity (Wildman–Crippen MR) is 100 cm³/mol. The molecule has 5 nitrogen and oxygen atoms in total. The van der Waals surface area contributed by atoms with E-state index in [1.165, 1.54) is 6.07 Å². The Hall–Kier alpha value is -2.13. The van der Waals surface area contributed by atoms with E-state index in [0.717, 1.165) is 16.8 Å². The topological polar surface area (TPSA) is 56.1 Å². The zero-order valence-corrected chi connectivity index (χ0v) is 16.8. The fraction of sp³-hybridized carbons (Fsp3) is 0.474. The number of rotatable bonds is 10. The number of hydrogen-bond acceptors (Lipinski definition) is 4. The molecule has 2 aromatic rings. The van der Waals surface area contributed by atoms with E-state index in [9.17, 15) is 22.4 Å². The summed E-state index contributed by atoms with van der Waals surface area (Å²) in [5.41, 5.74) is -0.111. The number of carbonyl (C=O) groups excluding carboxylic acids is 1. The van der Waals surface area contributed by atoms with E-state index >= 15 is 0 Å². The average molecular weight is 436 g/mol. The van der Waals surface area contributed by atoms with Crippen LogP contribution in [0.5, 0.6) is 0 Å². The Balaban J connectivity index is 2.30. The van der Waals surface area contributed by atoms with Gasteiger partial charge in [0.2, 0.25) is 0 Å². The third kappa shape index (κ3) is 5.70. The molecule has 29 heavy (non-hydrogen) atoms. The largest absolute Gasteiger partial charge is 0.461 e. The molecule has 1 N–H and O–H groups in total. The Morgan fingerprint density at radius 1 is 1.24 bits per heavy atom. The van der Waals surface area contributed by atoms with E-state index in [1.54, 1.807) is 13.8 Å². The molecule has 0 saturated carbocycles. The molecule has 0 spiro atoms. The molecule has 0 aliphatic carbocycles. The molecule has 2 rings (SSSR count). The predicted octanol–water partition coefficient (Wildman–Crippen LogP) is 4.22. The molecular formula is C19H22ClF4N3O2. The monoisotopic (exact) mass is 435 g/mol. The first kappa shape index (κ1) is 23.2. The minimum Gasteiger partial charge on any atom is -0.461 e. The summed E-state index contributed by atoms with van der Waals surface area (Å²) in [4.78, 5) is 12.2. The normalized spacial score (nSPS) is 12.4. The lowest BCUT2D eigenvalue weighted by molar-refractivity contribution is 0.0517. The van der Waals surface area contributed by atoms with E-state index in [2.05, 4.69) is 10.4 Å². The number of ether oxygens (including phenoxy) is 1. The Labute approximate surface area is 171 Å². The summed E-state index contributed by atoms with van der Waals surface area (Å²) in [6.07, 6.45) is -2.20. The quantitative estimate of drug-likeness (QED) is 0.448. The van der Waals surface area contributed by atoms with Gasteiger partial charge in [-0.25, -0.2) is 27.0 Å². The molecule has 0 aliphatic heterocycles. The van der Waals surface area contributed by atoms with Gasteiger partial charge < -0.3 is 10.1 Å². The molecule has 0 aliphatic rings. The maximum atomic E-state index is 14.0. The van der Waals surface area contributed by atoms with Gasteiger partial charge in [0, 0.05) is 11.1 Å². The smallest absolute Gasteiger partial charge is 0.359 e. The van der Waals surface area contributed by atoms with E-state index in [-0.39, 0.29) is 54.5 Å². The number of benzene rings is 1.